The van der Waals surface area contributed by atoms with E-state index in [4.69, 9.17) is 5.11 Å². The van der Waals surface area contributed by atoms with E-state index in [-0.39, 0.29) is 6.42 Å². The highest BCUT2D eigenvalue weighted by molar-refractivity contribution is 5.66. The molecule has 0 atom stereocenters. The van der Waals surface area contributed by atoms with E-state index >= 15 is 0 Å². The minimum Gasteiger partial charge on any atom is -0.481 e. The van der Waals surface area contributed by atoms with Gasteiger partial charge in [0.15, 0.2) is 0 Å². The molecule has 0 aromatic rings. The maximum atomic E-state index is 10.3. The first-order chi connectivity index (χ1) is 10.8. The number of rotatable bonds is 13. The van der Waals surface area contributed by atoms with E-state index in [1.807, 2.05) is 0 Å². The molecule has 0 aromatic carbocycles. The predicted octanol–water partition coefficient (Wildman–Crippen LogP) is 5.99. The highest BCUT2D eigenvalue weighted by Crippen LogP contribution is 2.01. The summed E-state index contributed by atoms with van der Waals surface area (Å²) in [6.45, 7) is 2.14. The molecule has 0 radical (unpaired) electrons. The molecule has 0 aliphatic heterocycles. The summed E-state index contributed by atoms with van der Waals surface area (Å²) in [5, 5.41) is 8.50. The first-order valence-electron chi connectivity index (χ1n) is 8.25. The molecule has 0 fully saturated rings. The van der Waals surface area contributed by atoms with Crippen molar-refractivity contribution in [3.8, 4) is 0 Å². The molecule has 0 saturated heterocycles. The van der Waals surface area contributed by atoms with Crippen LogP contribution in [0.1, 0.15) is 58.3 Å². The van der Waals surface area contributed by atoms with Gasteiger partial charge in [0.25, 0.3) is 0 Å². The monoisotopic (exact) mass is 302 g/mol. The van der Waals surface area contributed by atoms with E-state index in [0.717, 1.165) is 44.9 Å². The first kappa shape index (κ1) is 20.2. The van der Waals surface area contributed by atoms with Gasteiger partial charge in [-0.15, -0.1) is 0 Å². The lowest BCUT2D eigenvalue weighted by Gasteiger charge is -1.92. The van der Waals surface area contributed by atoms with Crippen LogP contribution >= 0.6 is 0 Å². The molecule has 22 heavy (non-hydrogen) atoms. The van der Waals surface area contributed by atoms with Gasteiger partial charge in [0, 0.05) is 6.42 Å². The Balaban J connectivity index is 3.47. The Hall–Kier alpha value is -1.83. The highest BCUT2D eigenvalue weighted by atomic mass is 16.4. The molecular formula is C20H30O2. The van der Waals surface area contributed by atoms with Crippen molar-refractivity contribution < 1.29 is 9.90 Å². The van der Waals surface area contributed by atoms with Gasteiger partial charge in [-0.1, -0.05) is 67.7 Å². The number of hydrogen-bond acceptors (Lipinski definition) is 1. The topological polar surface area (TPSA) is 37.3 Å². The maximum absolute atomic E-state index is 10.3. The first-order valence-corrected chi connectivity index (χ1v) is 8.25. The lowest BCUT2D eigenvalue weighted by molar-refractivity contribution is -0.137. The van der Waals surface area contributed by atoms with E-state index in [9.17, 15) is 4.79 Å². The van der Waals surface area contributed by atoms with Crippen LogP contribution in [-0.4, -0.2) is 11.1 Å². The molecule has 0 rings (SSSR count). The predicted molar refractivity (Wildman–Crippen MR) is 95.9 cm³/mol. The fraction of sp³-hybridized carbons (Fsp3) is 0.450. The van der Waals surface area contributed by atoms with Crippen LogP contribution in [0.2, 0.25) is 0 Å². The van der Waals surface area contributed by atoms with Crippen molar-refractivity contribution in [1.29, 1.82) is 0 Å². The van der Waals surface area contributed by atoms with Crippen LogP contribution in [0, 0.1) is 0 Å². The van der Waals surface area contributed by atoms with Gasteiger partial charge < -0.3 is 5.11 Å². The quantitative estimate of drug-likeness (QED) is 0.258. The minimum absolute atomic E-state index is 0.280. The standard InChI is InChI=1S/C20H30O2/c1-2-3-4-5-6-7-8-9-10-11-12-13-14-15-16-17-18-19-20(21)22/h3-4,6-7,9-12,14-15H,2,5,8,13,16-19H2,1H3,(H,21,22)/b4-3+,7-6+,10-9+,12-11+,15-14+. The lowest BCUT2D eigenvalue weighted by atomic mass is 10.2. The second-order valence-corrected chi connectivity index (χ2v) is 5.03. The molecule has 2 nitrogen and oxygen atoms in total. The SMILES string of the molecule is CC/C=C/C/C=C/C/C=C/C=C/C/C=C/CCCCC(=O)O. The molecule has 0 unspecified atom stereocenters. The van der Waals surface area contributed by atoms with Gasteiger partial charge >= 0.3 is 5.97 Å². The zero-order valence-electron chi connectivity index (χ0n) is 13.8. The Morgan fingerprint density at radius 3 is 1.91 bits per heavy atom. The average molecular weight is 302 g/mol. The number of unbranched alkanes of at least 4 members (excludes halogenated alkanes) is 2. The van der Waals surface area contributed by atoms with E-state index in [2.05, 4.69) is 67.7 Å². The van der Waals surface area contributed by atoms with Crippen LogP contribution in [0.15, 0.2) is 60.8 Å². The second-order valence-electron chi connectivity index (χ2n) is 5.03. The van der Waals surface area contributed by atoms with Crippen LogP contribution in [0.4, 0.5) is 0 Å². The number of carbonyl (C=O) groups is 1. The number of carboxylic acids is 1. The average Bonchev–Trinajstić information content (AvgIpc) is 2.50. The van der Waals surface area contributed by atoms with Gasteiger partial charge in [-0.3, -0.25) is 4.79 Å². The molecule has 2 heteroatoms. The normalized spacial score (nSPS) is 12.8. The molecule has 0 heterocycles. The molecule has 0 spiro atoms. The number of carboxylic acid groups (broad SMARTS) is 1. The third-order valence-electron chi connectivity index (χ3n) is 2.95. The Morgan fingerprint density at radius 1 is 0.773 bits per heavy atom. The summed E-state index contributed by atoms with van der Waals surface area (Å²) in [6.07, 6.45) is 28.4. The summed E-state index contributed by atoms with van der Waals surface area (Å²) in [6, 6.07) is 0. The molecule has 0 aromatic heterocycles. The third-order valence-corrected chi connectivity index (χ3v) is 2.95. The van der Waals surface area contributed by atoms with Crippen LogP contribution in [-0.2, 0) is 4.79 Å². The van der Waals surface area contributed by atoms with Crippen LogP contribution in [0.25, 0.3) is 0 Å². The summed E-state index contributed by atoms with van der Waals surface area (Å²) < 4.78 is 0. The molecule has 0 aliphatic rings. The maximum Gasteiger partial charge on any atom is 0.303 e. The Bertz CT molecular complexity index is 398. The molecule has 0 bridgehead atoms. The van der Waals surface area contributed by atoms with Crippen molar-refractivity contribution in [2.45, 2.75) is 58.3 Å². The largest absolute Gasteiger partial charge is 0.481 e. The molecule has 0 amide bonds. The summed E-state index contributed by atoms with van der Waals surface area (Å²) in [7, 11) is 0. The number of aliphatic carboxylic acids is 1. The van der Waals surface area contributed by atoms with Crippen molar-refractivity contribution >= 4 is 5.97 Å². The molecule has 1 N–H and O–H groups in total. The molecular weight excluding hydrogens is 272 g/mol. The summed E-state index contributed by atoms with van der Waals surface area (Å²) >= 11 is 0. The molecule has 0 aliphatic carbocycles. The second kappa shape index (κ2) is 17.2. The zero-order valence-corrected chi connectivity index (χ0v) is 13.8. The van der Waals surface area contributed by atoms with E-state index in [1.165, 1.54) is 0 Å². The van der Waals surface area contributed by atoms with E-state index in [1.54, 1.807) is 0 Å². The van der Waals surface area contributed by atoms with E-state index in [0.29, 0.717) is 0 Å². The van der Waals surface area contributed by atoms with Gasteiger partial charge in [-0.25, -0.2) is 0 Å². The minimum atomic E-state index is -0.703. The van der Waals surface area contributed by atoms with Crippen molar-refractivity contribution in [2.75, 3.05) is 0 Å². The van der Waals surface area contributed by atoms with Gasteiger partial charge in [-0.05, 0) is 44.9 Å². The Morgan fingerprint density at radius 2 is 1.32 bits per heavy atom. The van der Waals surface area contributed by atoms with Gasteiger partial charge in [0.05, 0.1) is 0 Å². The third kappa shape index (κ3) is 18.2. The molecule has 122 valence electrons. The van der Waals surface area contributed by atoms with Crippen molar-refractivity contribution in [3.63, 3.8) is 0 Å². The fourth-order valence-corrected chi connectivity index (χ4v) is 1.76. The zero-order chi connectivity index (χ0) is 16.3. The van der Waals surface area contributed by atoms with Gasteiger partial charge in [0.1, 0.15) is 0 Å². The van der Waals surface area contributed by atoms with Crippen LogP contribution < -0.4 is 0 Å². The van der Waals surface area contributed by atoms with E-state index < -0.39 is 5.97 Å². The van der Waals surface area contributed by atoms with Gasteiger partial charge in [-0.2, -0.15) is 0 Å². The Kier molecular flexibility index (Phi) is 15.8. The summed E-state index contributed by atoms with van der Waals surface area (Å²) in [5.74, 6) is -0.703. The lowest BCUT2D eigenvalue weighted by Crippen LogP contribution is -1.92. The summed E-state index contributed by atoms with van der Waals surface area (Å²) in [4.78, 5) is 10.3. The fourth-order valence-electron chi connectivity index (χ4n) is 1.76. The van der Waals surface area contributed by atoms with Crippen molar-refractivity contribution in [2.24, 2.45) is 0 Å². The smallest absolute Gasteiger partial charge is 0.303 e. The van der Waals surface area contributed by atoms with Crippen LogP contribution in [0.3, 0.4) is 0 Å². The number of hydrogen-bond donors (Lipinski definition) is 1. The van der Waals surface area contributed by atoms with Gasteiger partial charge in [0.2, 0.25) is 0 Å². The molecule has 0 saturated carbocycles. The van der Waals surface area contributed by atoms with Crippen molar-refractivity contribution in [1.82, 2.24) is 0 Å². The summed E-state index contributed by atoms with van der Waals surface area (Å²) in [5.41, 5.74) is 0. The number of allylic oxidation sites excluding steroid dienone is 10. The highest BCUT2D eigenvalue weighted by Gasteiger charge is 1.93. The van der Waals surface area contributed by atoms with Crippen molar-refractivity contribution in [3.05, 3.63) is 60.8 Å². The van der Waals surface area contributed by atoms with Crippen LogP contribution in [0.5, 0.6) is 0 Å². The Labute approximate surface area is 135 Å².